The lowest BCUT2D eigenvalue weighted by Crippen LogP contribution is -2.30. The predicted octanol–water partition coefficient (Wildman–Crippen LogP) is 4.05. The maximum Gasteiger partial charge on any atom is 0.339 e. The van der Waals surface area contributed by atoms with Crippen molar-refractivity contribution in [2.45, 2.75) is 26.9 Å². The van der Waals surface area contributed by atoms with E-state index in [9.17, 15) is 19.7 Å². The molecule has 0 bridgehead atoms. The van der Waals surface area contributed by atoms with Crippen molar-refractivity contribution in [2.24, 2.45) is 0 Å². The van der Waals surface area contributed by atoms with E-state index in [1.165, 1.54) is 19.1 Å². The first-order valence-corrected chi connectivity index (χ1v) is 8.10. The highest BCUT2D eigenvalue weighted by Crippen LogP contribution is 2.25. The number of amides is 1. The van der Waals surface area contributed by atoms with Gasteiger partial charge in [0.25, 0.3) is 11.6 Å². The fourth-order valence-electron chi connectivity index (χ4n) is 2.25. The quantitative estimate of drug-likeness (QED) is 0.482. The first-order valence-electron chi connectivity index (χ1n) is 7.72. The molecule has 0 aliphatic heterocycles. The van der Waals surface area contributed by atoms with Crippen molar-refractivity contribution in [3.05, 3.63) is 68.2 Å². The van der Waals surface area contributed by atoms with E-state index in [0.29, 0.717) is 5.69 Å². The van der Waals surface area contributed by atoms with Crippen LogP contribution in [0.3, 0.4) is 0 Å². The van der Waals surface area contributed by atoms with Gasteiger partial charge in [-0.25, -0.2) is 4.79 Å². The van der Waals surface area contributed by atoms with Crippen LogP contribution in [0.15, 0.2) is 36.4 Å². The molecule has 0 radical (unpaired) electrons. The normalized spacial score (nSPS) is 11.5. The molecule has 1 atom stereocenters. The number of anilines is 1. The highest BCUT2D eigenvalue weighted by molar-refractivity contribution is 6.32. The number of esters is 1. The molecule has 0 saturated carbocycles. The monoisotopic (exact) mass is 376 g/mol. The number of ether oxygens (including phenoxy) is 1. The molecule has 2 aromatic rings. The molecule has 136 valence electrons. The summed E-state index contributed by atoms with van der Waals surface area (Å²) in [6.45, 7) is 5.21. The van der Waals surface area contributed by atoms with E-state index in [4.69, 9.17) is 16.3 Å². The number of aryl methyl sites for hydroxylation is 2. The van der Waals surface area contributed by atoms with Crippen LogP contribution in [0.1, 0.15) is 28.4 Å². The van der Waals surface area contributed by atoms with E-state index in [-0.39, 0.29) is 10.6 Å². The average molecular weight is 377 g/mol. The minimum absolute atomic E-state index is 0.0627. The Hall–Kier alpha value is -2.93. The second-order valence-electron chi connectivity index (χ2n) is 5.78. The Kier molecular flexibility index (Phi) is 5.94. The zero-order chi connectivity index (χ0) is 19.4. The van der Waals surface area contributed by atoms with Crippen LogP contribution in [0.2, 0.25) is 5.02 Å². The van der Waals surface area contributed by atoms with Crippen molar-refractivity contribution in [3.8, 4) is 0 Å². The fourth-order valence-corrected chi connectivity index (χ4v) is 2.44. The lowest BCUT2D eigenvalue weighted by molar-refractivity contribution is -0.384. The number of nitrogens with zero attached hydrogens (tertiary/aromatic N) is 1. The molecule has 1 amide bonds. The molecule has 0 fully saturated rings. The summed E-state index contributed by atoms with van der Waals surface area (Å²) >= 11 is 5.71. The van der Waals surface area contributed by atoms with Gasteiger partial charge in [-0.1, -0.05) is 29.3 Å². The van der Waals surface area contributed by atoms with Crippen LogP contribution in [0.4, 0.5) is 11.4 Å². The Bertz CT molecular complexity index is 882. The van der Waals surface area contributed by atoms with Gasteiger partial charge in [0.05, 0.1) is 10.5 Å². The van der Waals surface area contributed by atoms with Gasteiger partial charge in [0.1, 0.15) is 5.02 Å². The van der Waals surface area contributed by atoms with E-state index >= 15 is 0 Å². The van der Waals surface area contributed by atoms with Crippen LogP contribution < -0.4 is 5.32 Å². The molecule has 0 aliphatic carbocycles. The molecule has 7 nitrogen and oxygen atoms in total. The Labute approximate surface area is 155 Å². The SMILES string of the molecule is Cc1ccc(NC(=O)[C@@H](C)OC(=O)c2ccc(Cl)c([N+](=O)[O-])c2)c(C)c1. The largest absolute Gasteiger partial charge is 0.449 e. The van der Waals surface area contributed by atoms with Crippen LogP contribution >= 0.6 is 11.6 Å². The van der Waals surface area contributed by atoms with Gasteiger partial charge >= 0.3 is 5.97 Å². The smallest absolute Gasteiger partial charge is 0.339 e. The first-order chi connectivity index (χ1) is 12.2. The number of rotatable bonds is 5. The molecule has 0 aliphatic rings. The van der Waals surface area contributed by atoms with Gasteiger partial charge in [-0.05, 0) is 44.5 Å². The number of halogens is 1. The summed E-state index contributed by atoms with van der Waals surface area (Å²) in [5, 5.41) is 13.5. The van der Waals surface area contributed by atoms with Gasteiger partial charge in [0.2, 0.25) is 0 Å². The molecule has 0 aromatic heterocycles. The topological polar surface area (TPSA) is 98.5 Å². The van der Waals surface area contributed by atoms with Crippen LogP contribution in [-0.4, -0.2) is 22.9 Å². The third-order valence-corrected chi connectivity index (χ3v) is 3.99. The third-order valence-electron chi connectivity index (χ3n) is 3.67. The molecule has 0 spiro atoms. The molecular weight excluding hydrogens is 360 g/mol. The minimum atomic E-state index is -1.09. The number of carbonyl (C=O) groups is 2. The van der Waals surface area contributed by atoms with Crippen molar-refractivity contribution >= 4 is 34.9 Å². The van der Waals surface area contributed by atoms with E-state index < -0.39 is 28.6 Å². The maximum atomic E-state index is 12.2. The first kappa shape index (κ1) is 19.4. The standard InChI is InChI=1S/C18H17ClN2O5/c1-10-4-7-15(11(2)8-10)20-17(22)12(3)26-18(23)13-5-6-14(19)16(9-13)21(24)25/h4-9,12H,1-3H3,(H,20,22)/t12-/m1/s1. The number of hydrogen-bond acceptors (Lipinski definition) is 5. The predicted molar refractivity (Wildman–Crippen MR) is 97.5 cm³/mol. The lowest BCUT2D eigenvalue weighted by Gasteiger charge is -2.15. The average Bonchev–Trinajstić information content (AvgIpc) is 2.57. The van der Waals surface area contributed by atoms with Gasteiger partial charge in [0.15, 0.2) is 6.10 Å². The number of nitro benzene ring substituents is 1. The molecule has 1 N–H and O–H groups in total. The van der Waals surface area contributed by atoms with Crippen molar-refractivity contribution < 1.29 is 19.2 Å². The summed E-state index contributed by atoms with van der Waals surface area (Å²) in [4.78, 5) is 34.6. The number of benzene rings is 2. The number of carbonyl (C=O) groups excluding carboxylic acids is 2. The van der Waals surface area contributed by atoms with Crippen LogP contribution in [0.25, 0.3) is 0 Å². The summed E-state index contributed by atoms with van der Waals surface area (Å²) in [5.41, 5.74) is 2.08. The third kappa shape index (κ3) is 4.58. The maximum absolute atomic E-state index is 12.2. The summed E-state index contributed by atoms with van der Waals surface area (Å²) in [6.07, 6.45) is -1.09. The van der Waals surface area contributed by atoms with Gasteiger partial charge in [-0.3, -0.25) is 14.9 Å². The Morgan fingerprint density at radius 1 is 1.19 bits per heavy atom. The Balaban J connectivity index is 2.07. The van der Waals surface area contributed by atoms with Gasteiger partial charge in [0, 0.05) is 11.8 Å². The molecule has 0 heterocycles. The molecule has 8 heteroatoms. The second-order valence-corrected chi connectivity index (χ2v) is 6.19. The number of nitro groups is 1. The van der Waals surface area contributed by atoms with Crippen molar-refractivity contribution in [1.29, 1.82) is 0 Å². The van der Waals surface area contributed by atoms with Crippen LogP contribution in [0.5, 0.6) is 0 Å². The summed E-state index contributed by atoms with van der Waals surface area (Å²) in [6, 6.07) is 9.08. The van der Waals surface area contributed by atoms with E-state index in [2.05, 4.69) is 5.32 Å². The lowest BCUT2D eigenvalue weighted by atomic mass is 10.1. The molecule has 0 saturated heterocycles. The molecule has 26 heavy (non-hydrogen) atoms. The zero-order valence-corrected chi connectivity index (χ0v) is 15.2. The highest BCUT2D eigenvalue weighted by Gasteiger charge is 2.22. The van der Waals surface area contributed by atoms with E-state index in [1.807, 2.05) is 26.0 Å². The second kappa shape index (κ2) is 7.97. The van der Waals surface area contributed by atoms with Crippen molar-refractivity contribution in [2.75, 3.05) is 5.32 Å². The van der Waals surface area contributed by atoms with Gasteiger partial charge in [-0.15, -0.1) is 0 Å². The van der Waals surface area contributed by atoms with Gasteiger partial charge < -0.3 is 10.1 Å². The summed E-state index contributed by atoms with van der Waals surface area (Å²) in [7, 11) is 0. The molecule has 2 aromatic carbocycles. The highest BCUT2D eigenvalue weighted by atomic mass is 35.5. The summed E-state index contributed by atoms with van der Waals surface area (Å²) in [5.74, 6) is -1.36. The van der Waals surface area contributed by atoms with Crippen LogP contribution in [-0.2, 0) is 9.53 Å². The molecular formula is C18H17ClN2O5. The summed E-state index contributed by atoms with van der Waals surface area (Å²) < 4.78 is 5.09. The van der Waals surface area contributed by atoms with E-state index in [1.54, 1.807) is 6.07 Å². The van der Waals surface area contributed by atoms with Crippen LogP contribution in [0, 0.1) is 24.0 Å². The molecule has 2 rings (SSSR count). The van der Waals surface area contributed by atoms with Crippen molar-refractivity contribution in [1.82, 2.24) is 0 Å². The van der Waals surface area contributed by atoms with Crippen molar-refractivity contribution in [3.63, 3.8) is 0 Å². The van der Waals surface area contributed by atoms with E-state index in [0.717, 1.165) is 17.2 Å². The minimum Gasteiger partial charge on any atom is -0.449 e. The number of hydrogen-bond donors (Lipinski definition) is 1. The number of nitrogens with one attached hydrogen (secondary N) is 1. The van der Waals surface area contributed by atoms with Gasteiger partial charge in [-0.2, -0.15) is 0 Å². The Morgan fingerprint density at radius 2 is 1.88 bits per heavy atom. The zero-order valence-electron chi connectivity index (χ0n) is 14.4. The Morgan fingerprint density at radius 3 is 2.50 bits per heavy atom. The fraction of sp³-hybridized carbons (Fsp3) is 0.222. The molecule has 0 unspecified atom stereocenters.